The maximum Gasteiger partial charge on any atom is 0.409 e. The normalized spacial score (nSPS) is 17.3. The molecule has 15 heavy (non-hydrogen) atoms. The molecule has 1 amide bonds. The molecule has 1 saturated heterocycles. The van der Waals surface area contributed by atoms with Crippen molar-refractivity contribution in [3.05, 3.63) is 0 Å². The Kier molecular flexibility index (Phi) is 4.93. The van der Waals surface area contributed by atoms with Crippen molar-refractivity contribution in [3.8, 4) is 0 Å². The molecular weight excluding hydrogens is 198 g/mol. The first-order chi connectivity index (χ1) is 7.27. The smallest absolute Gasteiger partial charge is 0.409 e. The number of carbonyl (C=O) groups excluding carboxylic acids is 2. The predicted molar refractivity (Wildman–Crippen MR) is 53.3 cm³/mol. The average Bonchev–Trinajstić information content (AvgIpc) is 2.29. The van der Waals surface area contributed by atoms with Crippen molar-refractivity contribution in [1.29, 1.82) is 0 Å². The number of methoxy groups -OCH3 is 1. The van der Waals surface area contributed by atoms with E-state index < -0.39 is 0 Å². The van der Waals surface area contributed by atoms with Crippen LogP contribution in [0.3, 0.4) is 0 Å². The molecule has 0 bridgehead atoms. The minimum atomic E-state index is -0.252. The van der Waals surface area contributed by atoms with Crippen LogP contribution in [0.1, 0.15) is 19.3 Å². The van der Waals surface area contributed by atoms with Gasteiger partial charge >= 0.3 is 6.09 Å². The van der Waals surface area contributed by atoms with Crippen molar-refractivity contribution < 1.29 is 19.1 Å². The number of likely N-dealkylation sites (tertiary alicyclic amines) is 1. The van der Waals surface area contributed by atoms with Crippen molar-refractivity contribution in [2.75, 3.05) is 26.8 Å². The lowest BCUT2D eigenvalue weighted by Gasteiger charge is -2.30. The third kappa shape index (κ3) is 3.77. The Morgan fingerprint density at radius 2 is 2.13 bits per heavy atom. The van der Waals surface area contributed by atoms with Crippen molar-refractivity contribution in [2.45, 2.75) is 19.3 Å². The lowest BCUT2D eigenvalue weighted by molar-refractivity contribution is -0.129. The molecule has 1 aliphatic heterocycles. The maximum atomic E-state index is 11.2. The van der Waals surface area contributed by atoms with Crippen LogP contribution in [-0.4, -0.2) is 44.3 Å². The first-order valence-corrected chi connectivity index (χ1v) is 5.16. The second kappa shape index (κ2) is 6.27. The monoisotopic (exact) mass is 215 g/mol. The number of ether oxygens (including phenoxy) is 2. The Morgan fingerprint density at radius 3 is 2.67 bits per heavy atom. The number of hydrogen-bond acceptors (Lipinski definition) is 4. The number of nitrogens with zero attached hydrogens (tertiary/aromatic N) is 1. The summed E-state index contributed by atoms with van der Waals surface area (Å²) in [7, 11) is 1.40. The number of rotatable bonds is 4. The summed E-state index contributed by atoms with van der Waals surface area (Å²) in [4.78, 5) is 22.8. The Balaban J connectivity index is 2.17. The van der Waals surface area contributed by atoms with Gasteiger partial charge in [-0.1, -0.05) is 0 Å². The highest BCUT2D eigenvalue weighted by Crippen LogP contribution is 2.20. The first kappa shape index (κ1) is 11.8. The van der Waals surface area contributed by atoms with Crippen LogP contribution in [0.5, 0.6) is 0 Å². The van der Waals surface area contributed by atoms with Crippen LogP contribution in [0, 0.1) is 5.92 Å². The molecule has 0 aromatic rings. The van der Waals surface area contributed by atoms with Gasteiger partial charge in [0, 0.05) is 13.1 Å². The van der Waals surface area contributed by atoms with Gasteiger partial charge in [0.2, 0.25) is 0 Å². The van der Waals surface area contributed by atoms with Gasteiger partial charge in [-0.25, -0.2) is 4.79 Å². The number of piperidine rings is 1. The summed E-state index contributed by atoms with van der Waals surface area (Å²) in [6.45, 7) is 2.42. The SMILES string of the molecule is COC(=O)N1CCC(CCOC=O)CC1. The average molecular weight is 215 g/mol. The molecule has 0 aliphatic carbocycles. The first-order valence-electron chi connectivity index (χ1n) is 5.16. The van der Waals surface area contributed by atoms with E-state index in [1.807, 2.05) is 0 Å². The summed E-state index contributed by atoms with van der Waals surface area (Å²) >= 11 is 0. The largest absolute Gasteiger partial charge is 0.468 e. The van der Waals surface area contributed by atoms with Gasteiger partial charge < -0.3 is 14.4 Å². The summed E-state index contributed by atoms with van der Waals surface area (Å²) in [5.41, 5.74) is 0. The Morgan fingerprint density at radius 1 is 1.47 bits per heavy atom. The second-order valence-corrected chi connectivity index (χ2v) is 3.66. The summed E-state index contributed by atoms with van der Waals surface area (Å²) in [6.07, 6.45) is 2.54. The fraction of sp³-hybridized carbons (Fsp3) is 0.800. The van der Waals surface area contributed by atoms with Crippen LogP contribution >= 0.6 is 0 Å². The lowest BCUT2D eigenvalue weighted by atomic mass is 9.94. The van der Waals surface area contributed by atoms with Crippen molar-refractivity contribution in [2.24, 2.45) is 5.92 Å². The molecule has 0 spiro atoms. The summed E-state index contributed by atoms with van der Waals surface area (Å²) in [5.74, 6) is 0.547. The molecule has 0 aromatic heterocycles. The summed E-state index contributed by atoms with van der Waals surface area (Å²) < 4.78 is 9.29. The van der Waals surface area contributed by atoms with Crippen LogP contribution < -0.4 is 0 Å². The third-order valence-corrected chi connectivity index (χ3v) is 2.76. The second-order valence-electron chi connectivity index (χ2n) is 3.66. The molecule has 0 atom stereocenters. The zero-order valence-electron chi connectivity index (χ0n) is 8.98. The van der Waals surface area contributed by atoms with E-state index in [9.17, 15) is 9.59 Å². The van der Waals surface area contributed by atoms with Crippen molar-refractivity contribution in [3.63, 3.8) is 0 Å². The summed E-state index contributed by atoms with van der Waals surface area (Å²) in [6, 6.07) is 0. The fourth-order valence-electron chi connectivity index (χ4n) is 1.82. The molecule has 1 rings (SSSR count). The van der Waals surface area contributed by atoms with Gasteiger partial charge in [-0.15, -0.1) is 0 Å². The van der Waals surface area contributed by atoms with E-state index in [0.717, 1.165) is 32.4 Å². The van der Waals surface area contributed by atoms with Crippen molar-refractivity contribution >= 4 is 12.6 Å². The molecule has 0 N–H and O–H groups in total. The van der Waals surface area contributed by atoms with Crippen LogP contribution in [0.4, 0.5) is 4.79 Å². The van der Waals surface area contributed by atoms with Crippen LogP contribution in [0.25, 0.3) is 0 Å². The molecule has 0 radical (unpaired) electrons. The maximum absolute atomic E-state index is 11.2. The molecule has 0 unspecified atom stereocenters. The zero-order valence-corrected chi connectivity index (χ0v) is 8.98. The van der Waals surface area contributed by atoms with Gasteiger partial charge in [0.05, 0.1) is 13.7 Å². The molecule has 1 aliphatic rings. The summed E-state index contributed by atoms with van der Waals surface area (Å²) in [5, 5.41) is 0. The van der Waals surface area contributed by atoms with Crippen molar-refractivity contribution in [1.82, 2.24) is 4.90 Å². The third-order valence-electron chi connectivity index (χ3n) is 2.76. The molecule has 1 heterocycles. The molecule has 1 fully saturated rings. The minimum Gasteiger partial charge on any atom is -0.468 e. The number of amides is 1. The Labute approximate surface area is 89.3 Å². The highest BCUT2D eigenvalue weighted by atomic mass is 16.5. The lowest BCUT2D eigenvalue weighted by Crippen LogP contribution is -2.38. The predicted octanol–water partition coefficient (Wildman–Crippen LogP) is 1.03. The minimum absolute atomic E-state index is 0.252. The van der Waals surface area contributed by atoms with Gasteiger partial charge in [-0.2, -0.15) is 0 Å². The molecular formula is C10H17NO4. The van der Waals surface area contributed by atoms with Gasteiger partial charge in [0.1, 0.15) is 0 Å². The van der Waals surface area contributed by atoms with Crippen LogP contribution in [-0.2, 0) is 14.3 Å². The van der Waals surface area contributed by atoms with E-state index in [1.165, 1.54) is 7.11 Å². The number of hydrogen-bond donors (Lipinski definition) is 0. The molecule has 5 nitrogen and oxygen atoms in total. The fourth-order valence-corrected chi connectivity index (χ4v) is 1.82. The molecule has 0 saturated carbocycles. The van der Waals surface area contributed by atoms with Gasteiger partial charge in [-0.05, 0) is 25.2 Å². The standard InChI is InChI=1S/C10H17NO4/c1-14-10(13)11-5-2-9(3-6-11)4-7-15-8-12/h8-9H,2-7H2,1H3. The van der Waals surface area contributed by atoms with Crippen LogP contribution in [0.15, 0.2) is 0 Å². The van der Waals surface area contributed by atoms with E-state index in [1.54, 1.807) is 4.90 Å². The topological polar surface area (TPSA) is 55.8 Å². The molecule has 86 valence electrons. The van der Waals surface area contributed by atoms with Gasteiger partial charge in [0.15, 0.2) is 0 Å². The van der Waals surface area contributed by atoms with E-state index >= 15 is 0 Å². The van der Waals surface area contributed by atoms with E-state index in [-0.39, 0.29) is 6.09 Å². The van der Waals surface area contributed by atoms with E-state index in [2.05, 4.69) is 9.47 Å². The highest BCUT2D eigenvalue weighted by Gasteiger charge is 2.22. The highest BCUT2D eigenvalue weighted by molar-refractivity contribution is 5.67. The van der Waals surface area contributed by atoms with Gasteiger partial charge in [-0.3, -0.25) is 4.79 Å². The molecule has 5 heteroatoms. The number of carbonyl (C=O) groups is 2. The van der Waals surface area contributed by atoms with Gasteiger partial charge in [0.25, 0.3) is 6.47 Å². The van der Waals surface area contributed by atoms with E-state index in [4.69, 9.17) is 0 Å². The quantitative estimate of drug-likeness (QED) is 0.519. The Bertz CT molecular complexity index is 211. The Hall–Kier alpha value is -1.26. The zero-order chi connectivity index (χ0) is 11.1. The van der Waals surface area contributed by atoms with E-state index in [0.29, 0.717) is 19.0 Å². The molecule has 0 aromatic carbocycles. The van der Waals surface area contributed by atoms with Crippen LogP contribution in [0.2, 0.25) is 0 Å².